The molecular weight excluding hydrogens is 294 g/mol. The van der Waals surface area contributed by atoms with Crippen LogP contribution < -0.4 is 5.32 Å². The largest absolute Gasteiger partial charge is 0.313 e. The number of sulfonamides is 1. The topological polar surface area (TPSA) is 62.3 Å². The van der Waals surface area contributed by atoms with Crippen molar-refractivity contribution in [1.82, 2.24) is 14.6 Å². The fourth-order valence-electron chi connectivity index (χ4n) is 2.42. The van der Waals surface area contributed by atoms with Crippen molar-refractivity contribution in [2.24, 2.45) is 5.92 Å². The average molecular weight is 317 g/mol. The van der Waals surface area contributed by atoms with Crippen molar-refractivity contribution < 1.29 is 8.42 Å². The molecule has 1 aromatic heterocycles. The van der Waals surface area contributed by atoms with Crippen LogP contribution in [0.5, 0.6) is 0 Å². The first-order valence-electron chi connectivity index (χ1n) is 7.05. The molecule has 0 amide bonds. The van der Waals surface area contributed by atoms with Crippen LogP contribution in [0.1, 0.15) is 31.7 Å². The van der Waals surface area contributed by atoms with Gasteiger partial charge in [-0.1, -0.05) is 13.8 Å². The predicted octanol–water partition coefficient (Wildman–Crippen LogP) is 1.85. The maximum Gasteiger partial charge on any atom is 0.254 e. The summed E-state index contributed by atoms with van der Waals surface area (Å²) in [6.45, 7) is 8.01. The summed E-state index contributed by atoms with van der Waals surface area (Å²) in [6.07, 6.45) is 3.65. The van der Waals surface area contributed by atoms with Gasteiger partial charge in [-0.15, -0.1) is 11.3 Å². The zero-order chi connectivity index (χ0) is 14.8. The van der Waals surface area contributed by atoms with Crippen LogP contribution in [0.2, 0.25) is 0 Å². The first-order valence-corrected chi connectivity index (χ1v) is 9.31. The number of aromatic nitrogens is 1. The molecule has 5 nitrogen and oxygen atoms in total. The highest BCUT2D eigenvalue weighted by molar-refractivity contribution is 7.91. The van der Waals surface area contributed by atoms with Crippen LogP contribution in [0.3, 0.4) is 0 Å². The van der Waals surface area contributed by atoms with Crippen LogP contribution in [0.25, 0.3) is 0 Å². The number of hydrogen-bond donors (Lipinski definition) is 1. The molecule has 20 heavy (non-hydrogen) atoms. The molecule has 1 fully saturated rings. The molecule has 0 spiro atoms. The molecule has 0 bridgehead atoms. The third-order valence-corrected chi connectivity index (χ3v) is 6.53. The summed E-state index contributed by atoms with van der Waals surface area (Å²) in [5.74, 6) is 0.306. The minimum atomic E-state index is -3.41. The molecule has 2 heterocycles. The second kappa shape index (κ2) is 6.51. The lowest BCUT2D eigenvalue weighted by molar-refractivity contribution is 0.337. The Morgan fingerprint density at radius 3 is 2.80 bits per heavy atom. The fraction of sp³-hybridized carbons (Fsp3) is 0.769. The smallest absolute Gasteiger partial charge is 0.254 e. The highest BCUT2D eigenvalue weighted by Crippen LogP contribution is 2.24. The standard InChI is InChI=1S/C13H23N3O2S2/c1-10(2)8-16(9-12-5-4-6-14-12)20(17,18)13-7-15-11(3)19-13/h7,10,12,14H,4-6,8-9H2,1-3H3. The van der Waals surface area contributed by atoms with Gasteiger partial charge in [-0.05, 0) is 32.2 Å². The van der Waals surface area contributed by atoms with E-state index in [1.54, 1.807) is 4.31 Å². The third-order valence-electron chi connectivity index (χ3n) is 3.35. The summed E-state index contributed by atoms with van der Waals surface area (Å²) in [4.78, 5) is 4.07. The SMILES string of the molecule is Cc1ncc(S(=O)(=O)N(CC(C)C)CC2CCCN2)s1. The van der Waals surface area contributed by atoms with E-state index in [2.05, 4.69) is 10.3 Å². The van der Waals surface area contributed by atoms with Crippen molar-refractivity contribution in [2.45, 2.75) is 43.9 Å². The monoisotopic (exact) mass is 317 g/mol. The van der Waals surface area contributed by atoms with E-state index in [-0.39, 0.29) is 6.04 Å². The molecule has 1 aliphatic heterocycles. The molecule has 1 atom stereocenters. The normalized spacial score (nSPS) is 20.1. The van der Waals surface area contributed by atoms with Crippen molar-refractivity contribution in [3.8, 4) is 0 Å². The molecule has 1 saturated heterocycles. The molecule has 7 heteroatoms. The Kier molecular flexibility index (Phi) is 5.17. The summed E-state index contributed by atoms with van der Waals surface area (Å²) in [6, 6.07) is 0.276. The Balaban J connectivity index is 2.19. The van der Waals surface area contributed by atoms with Gasteiger partial charge in [-0.2, -0.15) is 4.31 Å². The van der Waals surface area contributed by atoms with E-state index in [0.717, 1.165) is 24.4 Å². The van der Waals surface area contributed by atoms with Crippen molar-refractivity contribution in [3.05, 3.63) is 11.2 Å². The van der Waals surface area contributed by atoms with Gasteiger partial charge in [0.1, 0.15) is 0 Å². The second-order valence-electron chi connectivity index (χ2n) is 5.71. The van der Waals surface area contributed by atoms with Crippen molar-refractivity contribution in [2.75, 3.05) is 19.6 Å². The van der Waals surface area contributed by atoms with Crippen molar-refractivity contribution in [3.63, 3.8) is 0 Å². The van der Waals surface area contributed by atoms with E-state index in [1.165, 1.54) is 17.5 Å². The molecule has 0 aromatic carbocycles. The minimum Gasteiger partial charge on any atom is -0.313 e. The highest BCUT2D eigenvalue weighted by atomic mass is 32.2. The lowest BCUT2D eigenvalue weighted by atomic mass is 10.2. The van der Waals surface area contributed by atoms with Crippen LogP contribution in [0.15, 0.2) is 10.4 Å². The van der Waals surface area contributed by atoms with E-state index in [1.807, 2.05) is 20.8 Å². The van der Waals surface area contributed by atoms with Crippen molar-refractivity contribution in [1.29, 1.82) is 0 Å². The molecular formula is C13H23N3O2S2. The van der Waals surface area contributed by atoms with Crippen LogP contribution in [0, 0.1) is 12.8 Å². The average Bonchev–Trinajstić information content (AvgIpc) is 2.99. The first-order chi connectivity index (χ1) is 9.39. The molecule has 1 N–H and O–H groups in total. The van der Waals surface area contributed by atoms with Gasteiger partial charge in [-0.3, -0.25) is 0 Å². The quantitative estimate of drug-likeness (QED) is 0.870. The van der Waals surface area contributed by atoms with Gasteiger partial charge >= 0.3 is 0 Å². The van der Waals surface area contributed by atoms with Crippen LogP contribution in [-0.2, 0) is 10.0 Å². The van der Waals surface area contributed by atoms with Gasteiger partial charge < -0.3 is 5.32 Å². The van der Waals surface area contributed by atoms with E-state index >= 15 is 0 Å². The Hall–Kier alpha value is -0.500. The highest BCUT2D eigenvalue weighted by Gasteiger charge is 2.30. The molecule has 0 saturated carbocycles. The lowest BCUT2D eigenvalue weighted by Crippen LogP contribution is -2.42. The molecule has 2 rings (SSSR count). The van der Waals surface area contributed by atoms with Gasteiger partial charge in [0, 0.05) is 19.1 Å². The van der Waals surface area contributed by atoms with E-state index in [4.69, 9.17) is 0 Å². The van der Waals surface area contributed by atoms with E-state index in [9.17, 15) is 8.42 Å². The predicted molar refractivity (Wildman–Crippen MR) is 81.5 cm³/mol. The second-order valence-corrected chi connectivity index (χ2v) is 9.11. The fourth-order valence-corrected chi connectivity index (χ4v) is 5.34. The number of rotatable bonds is 6. The summed E-state index contributed by atoms with van der Waals surface area (Å²) in [7, 11) is -3.41. The van der Waals surface area contributed by atoms with Gasteiger partial charge in [-0.25, -0.2) is 13.4 Å². The van der Waals surface area contributed by atoms with Gasteiger partial charge in [0.05, 0.1) is 11.2 Å². The number of aryl methyl sites for hydroxylation is 1. The van der Waals surface area contributed by atoms with Crippen molar-refractivity contribution >= 4 is 21.4 Å². The summed E-state index contributed by atoms with van der Waals surface area (Å²) >= 11 is 1.25. The Morgan fingerprint density at radius 1 is 1.55 bits per heavy atom. The minimum absolute atomic E-state index is 0.276. The molecule has 114 valence electrons. The van der Waals surface area contributed by atoms with E-state index in [0.29, 0.717) is 23.2 Å². The summed E-state index contributed by atoms with van der Waals surface area (Å²) < 4.78 is 27.4. The number of nitrogens with zero attached hydrogens (tertiary/aromatic N) is 2. The maximum atomic E-state index is 12.7. The lowest BCUT2D eigenvalue weighted by Gasteiger charge is -2.26. The zero-order valence-electron chi connectivity index (χ0n) is 12.3. The Morgan fingerprint density at radius 2 is 2.30 bits per heavy atom. The van der Waals surface area contributed by atoms with Crippen LogP contribution in [-0.4, -0.2) is 43.4 Å². The molecule has 1 aliphatic rings. The van der Waals surface area contributed by atoms with Crippen LogP contribution in [0.4, 0.5) is 0 Å². The number of hydrogen-bond acceptors (Lipinski definition) is 5. The van der Waals surface area contributed by atoms with Gasteiger partial charge in [0.2, 0.25) is 0 Å². The molecule has 0 radical (unpaired) electrons. The summed E-state index contributed by atoms with van der Waals surface area (Å²) in [5.41, 5.74) is 0. The molecule has 0 aliphatic carbocycles. The first kappa shape index (κ1) is 15.9. The van der Waals surface area contributed by atoms with Crippen LogP contribution >= 0.6 is 11.3 Å². The van der Waals surface area contributed by atoms with E-state index < -0.39 is 10.0 Å². The van der Waals surface area contributed by atoms with Gasteiger partial charge in [0.25, 0.3) is 10.0 Å². The number of nitrogens with one attached hydrogen (secondary N) is 1. The molecule has 1 unspecified atom stereocenters. The molecule has 1 aromatic rings. The number of thiazole rings is 1. The Bertz CT molecular complexity index is 534. The zero-order valence-corrected chi connectivity index (χ0v) is 13.9. The Labute approximate surface area is 125 Å². The third kappa shape index (κ3) is 3.78. The maximum absolute atomic E-state index is 12.7. The van der Waals surface area contributed by atoms with Gasteiger partial charge in [0.15, 0.2) is 4.21 Å². The summed E-state index contributed by atoms with van der Waals surface area (Å²) in [5, 5.41) is 4.16.